The van der Waals surface area contributed by atoms with Crippen LogP contribution in [0.15, 0.2) is 0 Å². The zero-order valence-corrected chi connectivity index (χ0v) is 39.1. The van der Waals surface area contributed by atoms with Gasteiger partial charge in [0, 0.05) is 19.3 Å². The monoisotopic (exact) mass is 807 g/mol. The lowest BCUT2D eigenvalue weighted by molar-refractivity contribution is -0.167. The van der Waals surface area contributed by atoms with E-state index in [1.807, 2.05) is 0 Å². The number of carbonyl (C=O) groups is 3. The summed E-state index contributed by atoms with van der Waals surface area (Å²) in [6, 6.07) is 0. The molecule has 6 nitrogen and oxygen atoms in total. The smallest absolute Gasteiger partial charge is 0.306 e. The first kappa shape index (κ1) is 55.4. The summed E-state index contributed by atoms with van der Waals surface area (Å²) in [5, 5.41) is 0. The number of hydrogen-bond donors (Lipinski definition) is 0. The Hall–Kier alpha value is -1.59. The minimum atomic E-state index is -0.763. The van der Waals surface area contributed by atoms with Gasteiger partial charge in [-0.1, -0.05) is 234 Å². The van der Waals surface area contributed by atoms with Gasteiger partial charge in [-0.05, 0) is 37.0 Å². The molecule has 2 atom stereocenters. The van der Waals surface area contributed by atoms with Crippen LogP contribution in [0.1, 0.15) is 273 Å². The highest BCUT2D eigenvalue weighted by Gasteiger charge is 2.19. The van der Waals surface area contributed by atoms with Crippen LogP contribution in [0.5, 0.6) is 0 Å². The van der Waals surface area contributed by atoms with Gasteiger partial charge in [-0.3, -0.25) is 14.4 Å². The Bertz CT molecular complexity index is 885. The van der Waals surface area contributed by atoms with E-state index in [0.717, 1.165) is 75.5 Å². The molecular formula is C51H98O6. The van der Waals surface area contributed by atoms with Gasteiger partial charge < -0.3 is 14.2 Å². The van der Waals surface area contributed by atoms with Crippen LogP contribution in [0.2, 0.25) is 0 Å². The van der Waals surface area contributed by atoms with E-state index >= 15 is 0 Å². The normalized spacial score (nSPS) is 12.6. The summed E-state index contributed by atoms with van der Waals surface area (Å²) in [4.78, 5) is 37.9. The molecule has 0 saturated carbocycles. The SMILES string of the molecule is CCC(C)CCCCCCCCCCC(=O)OC[C@H](COC(=O)CCCCCCCCCCCCCCCC(C)C)OC(=O)CCCCCCCCCCC(C)C. The van der Waals surface area contributed by atoms with Crippen LogP contribution in [-0.4, -0.2) is 37.2 Å². The van der Waals surface area contributed by atoms with Crippen molar-refractivity contribution in [3.63, 3.8) is 0 Å². The maximum absolute atomic E-state index is 12.7. The Morgan fingerprint density at radius 2 is 0.614 bits per heavy atom. The molecule has 0 rings (SSSR count). The lowest BCUT2D eigenvalue weighted by atomic mass is 9.99. The van der Waals surface area contributed by atoms with Gasteiger partial charge in [0.1, 0.15) is 13.2 Å². The summed E-state index contributed by atoms with van der Waals surface area (Å²) >= 11 is 0. The van der Waals surface area contributed by atoms with Gasteiger partial charge >= 0.3 is 17.9 Å². The standard InChI is InChI=1S/C51H98O6/c1-7-47(6)39-33-27-21-16-18-23-29-35-41-50(53)56-44-48(57-51(54)42-36-30-24-17-15-20-26-32-38-46(4)5)43-55-49(52)40-34-28-22-14-12-10-8-9-11-13-19-25-31-37-45(2)3/h45-48H,7-44H2,1-6H3/t47?,48-/m0/s1. The molecule has 0 aromatic carbocycles. The van der Waals surface area contributed by atoms with Crippen molar-refractivity contribution in [2.45, 2.75) is 279 Å². The highest BCUT2D eigenvalue weighted by molar-refractivity contribution is 5.71. The number of unbranched alkanes of at least 4 members (excludes halogenated alkanes) is 26. The van der Waals surface area contributed by atoms with Crippen LogP contribution < -0.4 is 0 Å². The van der Waals surface area contributed by atoms with Gasteiger partial charge in [0.05, 0.1) is 0 Å². The van der Waals surface area contributed by atoms with Gasteiger partial charge in [0.15, 0.2) is 6.10 Å². The van der Waals surface area contributed by atoms with E-state index in [1.165, 1.54) is 154 Å². The molecule has 1 unspecified atom stereocenters. The third-order valence-corrected chi connectivity index (χ3v) is 11.8. The minimum Gasteiger partial charge on any atom is -0.462 e. The quantitative estimate of drug-likeness (QED) is 0.0347. The number of esters is 3. The van der Waals surface area contributed by atoms with Crippen LogP contribution >= 0.6 is 0 Å². The van der Waals surface area contributed by atoms with Crippen LogP contribution in [0.25, 0.3) is 0 Å². The van der Waals surface area contributed by atoms with Crippen molar-refractivity contribution in [1.82, 2.24) is 0 Å². The molecule has 0 aliphatic carbocycles. The maximum atomic E-state index is 12.7. The first-order valence-corrected chi connectivity index (χ1v) is 25.1. The number of hydrogen-bond acceptors (Lipinski definition) is 6. The molecule has 0 N–H and O–H groups in total. The van der Waals surface area contributed by atoms with Gasteiger partial charge in [-0.15, -0.1) is 0 Å². The molecule has 338 valence electrons. The Kier molecular flexibility index (Phi) is 41.3. The van der Waals surface area contributed by atoms with Crippen molar-refractivity contribution < 1.29 is 28.6 Å². The first-order valence-electron chi connectivity index (χ1n) is 25.1. The summed E-state index contributed by atoms with van der Waals surface area (Å²) in [6.07, 6.45) is 40.9. The predicted molar refractivity (Wildman–Crippen MR) is 243 cm³/mol. The average Bonchev–Trinajstić information content (AvgIpc) is 3.18. The minimum absolute atomic E-state index is 0.0655. The molecule has 0 aliphatic heterocycles. The third kappa shape index (κ3) is 43.8. The van der Waals surface area contributed by atoms with Gasteiger partial charge in [-0.2, -0.15) is 0 Å². The largest absolute Gasteiger partial charge is 0.462 e. The van der Waals surface area contributed by atoms with Crippen molar-refractivity contribution >= 4 is 17.9 Å². The molecule has 0 bridgehead atoms. The molecule has 0 fully saturated rings. The second-order valence-electron chi connectivity index (χ2n) is 18.6. The van der Waals surface area contributed by atoms with Crippen LogP contribution in [0.3, 0.4) is 0 Å². The summed E-state index contributed by atoms with van der Waals surface area (Å²) in [6.45, 7) is 13.7. The zero-order valence-electron chi connectivity index (χ0n) is 39.1. The topological polar surface area (TPSA) is 78.9 Å². The van der Waals surface area contributed by atoms with Crippen molar-refractivity contribution in [1.29, 1.82) is 0 Å². The van der Waals surface area contributed by atoms with E-state index in [4.69, 9.17) is 14.2 Å². The van der Waals surface area contributed by atoms with E-state index in [0.29, 0.717) is 19.3 Å². The zero-order chi connectivity index (χ0) is 42.0. The van der Waals surface area contributed by atoms with E-state index in [-0.39, 0.29) is 31.1 Å². The van der Waals surface area contributed by atoms with Crippen LogP contribution in [0.4, 0.5) is 0 Å². The lowest BCUT2D eigenvalue weighted by Gasteiger charge is -2.18. The second kappa shape index (κ2) is 42.5. The summed E-state index contributed by atoms with van der Waals surface area (Å²) < 4.78 is 16.8. The first-order chi connectivity index (χ1) is 27.6. The summed E-state index contributed by atoms with van der Waals surface area (Å²) in [5.41, 5.74) is 0. The van der Waals surface area contributed by atoms with E-state index in [9.17, 15) is 14.4 Å². The number of carbonyl (C=O) groups excluding carboxylic acids is 3. The molecule has 0 amide bonds. The van der Waals surface area contributed by atoms with Crippen molar-refractivity contribution in [2.75, 3.05) is 13.2 Å². The fourth-order valence-electron chi connectivity index (χ4n) is 7.55. The molecule has 0 aliphatic rings. The summed E-state index contributed by atoms with van der Waals surface area (Å²) in [7, 11) is 0. The van der Waals surface area contributed by atoms with Crippen molar-refractivity contribution in [3.8, 4) is 0 Å². The molecule has 0 aromatic rings. The van der Waals surface area contributed by atoms with Crippen LogP contribution in [0, 0.1) is 17.8 Å². The maximum Gasteiger partial charge on any atom is 0.306 e. The Labute approximate surface area is 355 Å². The molecule has 0 spiro atoms. The second-order valence-corrected chi connectivity index (χ2v) is 18.6. The molecule has 0 radical (unpaired) electrons. The Morgan fingerprint density at radius 3 is 0.912 bits per heavy atom. The van der Waals surface area contributed by atoms with Gasteiger partial charge in [0.2, 0.25) is 0 Å². The fourth-order valence-corrected chi connectivity index (χ4v) is 7.55. The third-order valence-electron chi connectivity index (χ3n) is 11.8. The van der Waals surface area contributed by atoms with Gasteiger partial charge in [0.25, 0.3) is 0 Å². The number of rotatable bonds is 44. The van der Waals surface area contributed by atoms with Crippen LogP contribution in [-0.2, 0) is 28.6 Å². The molecule has 57 heavy (non-hydrogen) atoms. The molecular weight excluding hydrogens is 709 g/mol. The lowest BCUT2D eigenvalue weighted by Crippen LogP contribution is -2.30. The van der Waals surface area contributed by atoms with E-state index < -0.39 is 6.10 Å². The summed E-state index contributed by atoms with van der Waals surface area (Å²) in [5.74, 6) is 1.62. The molecule has 0 aromatic heterocycles. The predicted octanol–water partition coefficient (Wildman–Crippen LogP) is 16.0. The average molecular weight is 807 g/mol. The molecule has 0 heterocycles. The Morgan fingerprint density at radius 1 is 0.351 bits per heavy atom. The highest BCUT2D eigenvalue weighted by atomic mass is 16.6. The molecule has 6 heteroatoms. The highest BCUT2D eigenvalue weighted by Crippen LogP contribution is 2.18. The molecule has 0 saturated heterocycles. The van der Waals surface area contributed by atoms with Crippen molar-refractivity contribution in [2.24, 2.45) is 17.8 Å². The number of ether oxygens (including phenoxy) is 3. The van der Waals surface area contributed by atoms with Crippen molar-refractivity contribution in [3.05, 3.63) is 0 Å². The Balaban J connectivity index is 4.31. The van der Waals surface area contributed by atoms with Gasteiger partial charge in [-0.25, -0.2) is 0 Å². The fraction of sp³-hybridized carbons (Fsp3) is 0.941. The van der Waals surface area contributed by atoms with E-state index in [2.05, 4.69) is 41.5 Å². The van der Waals surface area contributed by atoms with E-state index in [1.54, 1.807) is 0 Å².